The third kappa shape index (κ3) is 2.35. The fourth-order valence-electron chi connectivity index (χ4n) is 2.67. The van der Waals surface area contributed by atoms with E-state index < -0.39 is 0 Å². The van der Waals surface area contributed by atoms with Gasteiger partial charge >= 0.3 is 0 Å². The summed E-state index contributed by atoms with van der Waals surface area (Å²) in [6.45, 7) is 2.54. The van der Waals surface area contributed by atoms with E-state index in [0.29, 0.717) is 18.0 Å². The second kappa shape index (κ2) is 5.60. The Bertz CT molecular complexity index is 781. The van der Waals surface area contributed by atoms with Crippen LogP contribution in [-0.2, 0) is 6.54 Å². The monoisotopic (exact) mass is 295 g/mol. The predicted molar refractivity (Wildman–Crippen MR) is 84.7 cm³/mol. The molecule has 0 radical (unpaired) electrons. The lowest BCUT2D eigenvalue weighted by Crippen LogP contribution is -2.18. The average Bonchev–Trinajstić information content (AvgIpc) is 2.97. The molecule has 22 heavy (non-hydrogen) atoms. The van der Waals surface area contributed by atoms with Crippen LogP contribution in [0.3, 0.4) is 0 Å². The molecular weight excluding hydrogens is 278 g/mol. The number of hydrogen-bond acceptors (Lipinski definition) is 4. The molecule has 0 spiro atoms. The van der Waals surface area contributed by atoms with Gasteiger partial charge in [-0.05, 0) is 30.7 Å². The van der Waals surface area contributed by atoms with Crippen LogP contribution in [0.25, 0.3) is 0 Å². The number of nitrogens with one attached hydrogen (secondary N) is 1. The van der Waals surface area contributed by atoms with Crippen LogP contribution >= 0.6 is 0 Å². The summed E-state index contributed by atoms with van der Waals surface area (Å²) >= 11 is 0. The van der Waals surface area contributed by atoms with Gasteiger partial charge in [0, 0.05) is 23.9 Å². The minimum Gasteiger partial charge on any atom is -0.480 e. The van der Waals surface area contributed by atoms with Gasteiger partial charge in [-0.2, -0.15) is 0 Å². The molecule has 0 saturated heterocycles. The molecule has 2 heterocycles. The zero-order valence-corrected chi connectivity index (χ0v) is 12.8. The Hall–Kier alpha value is -2.69. The normalized spacial score (nSPS) is 12.6. The van der Waals surface area contributed by atoms with E-state index >= 15 is 0 Å². The minimum atomic E-state index is -0.116. The highest BCUT2D eigenvalue weighted by Crippen LogP contribution is 2.30. The van der Waals surface area contributed by atoms with Crippen LogP contribution in [0.5, 0.6) is 5.88 Å². The van der Waals surface area contributed by atoms with Crippen molar-refractivity contribution in [1.82, 2.24) is 10.3 Å². The third-order valence-electron chi connectivity index (χ3n) is 3.66. The number of aryl methyl sites for hydroxylation is 1. The van der Waals surface area contributed by atoms with Crippen molar-refractivity contribution in [2.45, 2.75) is 13.5 Å². The quantitative estimate of drug-likeness (QED) is 0.943. The Kier molecular flexibility index (Phi) is 3.63. The zero-order chi connectivity index (χ0) is 15.7. The van der Waals surface area contributed by atoms with E-state index in [1.807, 2.05) is 31.2 Å². The van der Waals surface area contributed by atoms with Crippen molar-refractivity contribution in [3.8, 4) is 5.88 Å². The summed E-state index contributed by atoms with van der Waals surface area (Å²) in [6.07, 6.45) is 0. The summed E-state index contributed by atoms with van der Waals surface area (Å²) in [4.78, 5) is 20.9. The fraction of sp³-hybridized carbons (Fsp3) is 0.235. The molecule has 1 amide bonds. The first-order chi connectivity index (χ1) is 10.6. The summed E-state index contributed by atoms with van der Waals surface area (Å²) < 4.78 is 5.42. The van der Waals surface area contributed by atoms with Gasteiger partial charge in [0.05, 0.1) is 24.9 Å². The topological polar surface area (TPSA) is 63.6 Å². The maximum absolute atomic E-state index is 11.8. The second-order valence-corrected chi connectivity index (χ2v) is 5.13. The lowest BCUT2D eigenvalue weighted by Gasteiger charge is -2.10. The molecule has 0 unspecified atom stereocenters. The Morgan fingerprint density at radius 3 is 2.86 bits per heavy atom. The van der Waals surface area contributed by atoms with Crippen molar-refractivity contribution in [2.75, 3.05) is 14.2 Å². The van der Waals surface area contributed by atoms with Gasteiger partial charge in [-0.25, -0.2) is 4.98 Å². The van der Waals surface area contributed by atoms with Gasteiger partial charge in [0.25, 0.3) is 5.91 Å². The van der Waals surface area contributed by atoms with E-state index in [9.17, 15) is 4.79 Å². The number of aliphatic imine (C=N–C) groups is 1. The number of benzene rings is 1. The number of amides is 1. The van der Waals surface area contributed by atoms with E-state index in [0.717, 1.165) is 28.1 Å². The standard InChI is InChI=1S/C17H17N3O2/c1-10-7-13-9-19-15(14(13)17(20-10)22-3)11-5-4-6-12(8-11)16(21)18-2/h4-8H,9H2,1-3H3,(H,18,21). The zero-order valence-electron chi connectivity index (χ0n) is 12.8. The summed E-state index contributed by atoms with van der Waals surface area (Å²) in [5.41, 5.74) is 5.25. The van der Waals surface area contributed by atoms with Crippen LogP contribution in [-0.4, -0.2) is 30.8 Å². The Morgan fingerprint density at radius 2 is 2.14 bits per heavy atom. The number of aromatic nitrogens is 1. The number of rotatable bonds is 3. The Balaban J connectivity index is 2.09. The molecule has 1 aliphatic heterocycles. The molecule has 112 valence electrons. The van der Waals surface area contributed by atoms with Crippen molar-refractivity contribution < 1.29 is 9.53 Å². The number of hydrogen-bond donors (Lipinski definition) is 1. The first-order valence-corrected chi connectivity index (χ1v) is 7.06. The summed E-state index contributed by atoms with van der Waals surface area (Å²) in [6, 6.07) is 9.45. The molecule has 1 aromatic heterocycles. The van der Waals surface area contributed by atoms with Gasteiger partial charge in [0.15, 0.2) is 0 Å². The lowest BCUT2D eigenvalue weighted by molar-refractivity contribution is 0.0963. The smallest absolute Gasteiger partial charge is 0.251 e. The Morgan fingerprint density at radius 1 is 1.32 bits per heavy atom. The summed E-state index contributed by atoms with van der Waals surface area (Å²) in [5, 5.41) is 2.63. The number of pyridine rings is 1. The van der Waals surface area contributed by atoms with Crippen LogP contribution < -0.4 is 10.1 Å². The highest BCUT2D eigenvalue weighted by atomic mass is 16.5. The van der Waals surface area contributed by atoms with Gasteiger partial charge in [-0.15, -0.1) is 0 Å². The highest BCUT2D eigenvalue weighted by molar-refractivity contribution is 6.17. The molecule has 5 heteroatoms. The summed E-state index contributed by atoms with van der Waals surface area (Å²) in [7, 11) is 3.23. The number of carbonyl (C=O) groups is 1. The Labute approximate surface area is 129 Å². The number of fused-ring (bicyclic) bond motifs is 1. The van der Waals surface area contributed by atoms with Gasteiger partial charge in [-0.3, -0.25) is 9.79 Å². The van der Waals surface area contributed by atoms with Gasteiger partial charge in [-0.1, -0.05) is 12.1 Å². The minimum absolute atomic E-state index is 0.116. The van der Waals surface area contributed by atoms with Gasteiger partial charge in [0.1, 0.15) is 0 Å². The molecule has 3 rings (SSSR count). The van der Waals surface area contributed by atoms with Crippen LogP contribution in [0, 0.1) is 6.92 Å². The van der Waals surface area contributed by atoms with E-state index in [1.54, 1.807) is 20.2 Å². The van der Waals surface area contributed by atoms with E-state index in [1.165, 1.54) is 0 Å². The van der Waals surface area contributed by atoms with E-state index in [2.05, 4.69) is 15.3 Å². The first-order valence-electron chi connectivity index (χ1n) is 7.06. The van der Waals surface area contributed by atoms with Crippen molar-refractivity contribution >= 4 is 11.6 Å². The van der Waals surface area contributed by atoms with E-state index in [4.69, 9.17) is 4.74 Å². The highest BCUT2D eigenvalue weighted by Gasteiger charge is 2.24. The van der Waals surface area contributed by atoms with Crippen LogP contribution in [0.15, 0.2) is 35.3 Å². The molecule has 5 nitrogen and oxygen atoms in total. The molecular formula is C17H17N3O2. The molecule has 1 aromatic carbocycles. The van der Waals surface area contributed by atoms with Crippen LogP contribution in [0.2, 0.25) is 0 Å². The van der Waals surface area contributed by atoms with Crippen LogP contribution in [0.1, 0.15) is 32.7 Å². The molecule has 0 saturated carbocycles. The maximum Gasteiger partial charge on any atom is 0.251 e. The second-order valence-electron chi connectivity index (χ2n) is 5.13. The van der Waals surface area contributed by atoms with Crippen molar-refractivity contribution in [3.05, 3.63) is 58.3 Å². The number of methoxy groups -OCH3 is 1. The molecule has 0 bridgehead atoms. The molecule has 0 fully saturated rings. The average molecular weight is 295 g/mol. The van der Waals surface area contributed by atoms with Crippen molar-refractivity contribution in [3.63, 3.8) is 0 Å². The van der Waals surface area contributed by atoms with Crippen molar-refractivity contribution in [1.29, 1.82) is 0 Å². The number of ether oxygens (including phenoxy) is 1. The number of nitrogens with zero attached hydrogens (tertiary/aromatic N) is 2. The summed E-state index contributed by atoms with van der Waals surface area (Å²) in [5.74, 6) is 0.464. The van der Waals surface area contributed by atoms with Crippen molar-refractivity contribution in [2.24, 2.45) is 4.99 Å². The molecule has 0 atom stereocenters. The lowest BCUT2D eigenvalue weighted by atomic mass is 9.99. The molecule has 2 aromatic rings. The number of carbonyl (C=O) groups excluding carboxylic acids is 1. The molecule has 1 N–H and O–H groups in total. The largest absolute Gasteiger partial charge is 0.480 e. The van der Waals surface area contributed by atoms with Crippen LogP contribution in [0.4, 0.5) is 0 Å². The molecule has 0 aliphatic carbocycles. The SMILES string of the molecule is CNC(=O)c1cccc(C2=NCc3cc(C)nc(OC)c32)c1. The first kappa shape index (κ1) is 14.3. The van der Waals surface area contributed by atoms with E-state index in [-0.39, 0.29) is 5.91 Å². The third-order valence-corrected chi connectivity index (χ3v) is 3.66. The molecule has 1 aliphatic rings. The predicted octanol–water partition coefficient (Wildman–Crippen LogP) is 2.11. The van der Waals surface area contributed by atoms with Gasteiger partial charge in [0.2, 0.25) is 5.88 Å². The maximum atomic E-state index is 11.8. The van der Waals surface area contributed by atoms with Gasteiger partial charge < -0.3 is 10.1 Å². The fourth-order valence-corrected chi connectivity index (χ4v) is 2.67.